The average Bonchev–Trinajstić information content (AvgIpc) is 3.45. The molecule has 0 spiro atoms. The molecule has 4 aromatic heterocycles. The number of methoxy groups -OCH3 is 1. The summed E-state index contributed by atoms with van der Waals surface area (Å²) in [6, 6.07) is 7.80. The molecule has 0 saturated heterocycles. The summed E-state index contributed by atoms with van der Waals surface area (Å²) in [5.74, 6) is 0.388. The number of amides is 1. The third-order valence-electron chi connectivity index (χ3n) is 4.46. The third-order valence-corrected chi connectivity index (χ3v) is 5.33. The largest absolute Gasteiger partial charge is 0.496 e. The fourth-order valence-electron chi connectivity index (χ4n) is 3.12. The zero-order valence-electron chi connectivity index (χ0n) is 14.7. The van der Waals surface area contributed by atoms with Crippen LogP contribution < -0.4 is 10.1 Å². The third kappa shape index (κ3) is 2.60. The summed E-state index contributed by atoms with van der Waals surface area (Å²) in [7, 11) is 1.62. The van der Waals surface area contributed by atoms with Crippen molar-refractivity contribution >= 4 is 38.7 Å². The first kappa shape index (κ1) is 16.5. The number of anilines is 1. The lowest BCUT2D eigenvalue weighted by Crippen LogP contribution is -2.12. The molecule has 138 valence electrons. The highest BCUT2D eigenvalue weighted by molar-refractivity contribution is 7.17. The van der Waals surface area contributed by atoms with E-state index in [1.54, 1.807) is 47.6 Å². The van der Waals surface area contributed by atoms with Crippen LogP contribution in [0.15, 0.2) is 54.4 Å². The van der Waals surface area contributed by atoms with E-state index in [1.165, 1.54) is 6.20 Å². The predicted octanol–water partition coefficient (Wildman–Crippen LogP) is 3.60. The Morgan fingerprint density at radius 1 is 1.32 bits per heavy atom. The second-order valence-corrected chi connectivity index (χ2v) is 7.02. The lowest BCUT2D eigenvalue weighted by atomic mass is 10.1. The fraction of sp³-hybridized carbons (Fsp3) is 0.0526. The molecule has 0 aliphatic rings. The van der Waals surface area contributed by atoms with Gasteiger partial charge in [-0.25, -0.2) is 9.50 Å². The molecule has 8 nitrogen and oxygen atoms in total. The zero-order valence-corrected chi connectivity index (χ0v) is 15.5. The summed E-state index contributed by atoms with van der Waals surface area (Å²) in [4.78, 5) is 17.0. The van der Waals surface area contributed by atoms with Crippen molar-refractivity contribution in [3.63, 3.8) is 0 Å². The summed E-state index contributed by atoms with van der Waals surface area (Å²) < 4.78 is 8.24. The maximum absolute atomic E-state index is 12.8. The van der Waals surface area contributed by atoms with Gasteiger partial charge >= 0.3 is 0 Å². The summed E-state index contributed by atoms with van der Waals surface area (Å²) in [6.45, 7) is 0. The minimum Gasteiger partial charge on any atom is -0.496 e. The smallest absolute Gasteiger partial charge is 0.261 e. The molecule has 0 fully saturated rings. The number of H-pyrrole nitrogens is 1. The fourth-order valence-corrected chi connectivity index (χ4v) is 3.92. The molecule has 1 aromatic carbocycles. The Labute approximate surface area is 162 Å². The maximum Gasteiger partial charge on any atom is 0.261 e. The van der Waals surface area contributed by atoms with Gasteiger partial charge < -0.3 is 10.1 Å². The molecule has 0 saturated carbocycles. The molecule has 0 bridgehead atoms. The Bertz CT molecular complexity index is 1320. The lowest BCUT2D eigenvalue weighted by molar-refractivity contribution is 0.102. The van der Waals surface area contributed by atoms with Gasteiger partial charge in [-0.15, -0.1) is 11.3 Å². The van der Waals surface area contributed by atoms with Crippen molar-refractivity contribution in [1.82, 2.24) is 24.8 Å². The SMILES string of the molecule is COc1cc2sccc2cc1-c1[nH]ncc1NC(=O)c1cnn2cccnc12. The van der Waals surface area contributed by atoms with Crippen molar-refractivity contribution in [2.75, 3.05) is 12.4 Å². The number of aromatic amines is 1. The molecule has 0 unspecified atom stereocenters. The number of thiophene rings is 1. The first-order chi connectivity index (χ1) is 13.7. The van der Waals surface area contributed by atoms with Gasteiger partial charge in [-0.2, -0.15) is 10.2 Å². The van der Waals surface area contributed by atoms with Crippen LogP contribution in [-0.4, -0.2) is 37.8 Å². The van der Waals surface area contributed by atoms with Gasteiger partial charge in [0.25, 0.3) is 5.91 Å². The van der Waals surface area contributed by atoms with Crippen LogP contribution in [-0.2, 0) is 0 Å². The van der Waals surface area contributed by atoms with Gasteiger partial charge in [0, 0.05) is 22.7 Å². The Hall–Kier alpha value is -3.72. The van der Waals surface area contributed by atoms with E-state index >= 15 is 0 Å². The Morgan fingerprint density at radius 2 is 2.25 bits per heavy atom. The van der Waals surface area contributed by atoms with Crippen LogP contribution in [0.2, 0.25) is 0 Å². The van der Waals surface area contributed by atoms with Crippen LogP contribution in [0.25, 0.3) is 27.0 Å². The number of nitrogens with one attached hydrogen (secondary N) is 2. The highest BCUT2D eigenvalue weighted by atomic mass is 32.1. The summed E-state index contributed by atoms with van der Waals surface area (Å²) in [5.41, 5.74) is 2.91. The van der Waals surface area contributed by atoms with Crippen LogP contribution >= 0.6 is 11.3 Å². The molecular formula is C19H14N6O2S. The van der Waals surface area contributed by atoms with Crippen molar-refractivity contribution in [2.24, 2.45) is 0 Å². The molecule has 28 heavy (non-hydrogen) atoms. The van der Waals surface area contributed by atoms with E-state index in [2.05, 4.69) is 25.6 Å². The maximum atomic E-state index is 12.8. The molecule has 1 amide bonds. The van der Waals surface area contributed by atoms with Crippen LogP contribution in [0.1, 0.15) is 10.4 Å². The molecule has 0 aliphatic heterocycles. The van der Waals surface area contributed by atoms with Crippen molar-refractivity contribution in [2.45, 2.75) is 0 Å². The van der Waals surface area contributed by atoms with Crippen LogP contribution in [0, 0.1) is 0 Å². The van der Waals surface area contributed by atoms with Crippen LogP contribution in [0.3, 0.4) is 0 Å². The molecular weight excluding hydrogens is 376 g/mol. The number of benzene rings is 1. The van der Waals surface area contributed by atoms with Gasteiger partial charge in [-0.1, -0.05) is 0 Å². The van der Waals surface area contributed by atoms with Gasteiger partial charge in [0.15, 0.2) is 5.65 Å². The van der Waals surface area contributed by atoms with Gasteiger partial charge in [-0.05, 0) is 35.0 Å². The van der Waals surface area contributed by atoms with Crippen molar-refractivity contribution in [3.8, 4) is 17.0 Å². The van der Waals surface area contributed by atoms with E-state index < -0.39 is 0 Å². The van der Waals surface area contributed by atoms with E-state index in [1.807, 2.05) is 23.6 Å². The van der Waals surface area contributed by atoms with E-state index in [4.69, 9.17) is 4.74 Å². The van der Waals surface area contributed by atoms with Gasteiger partial charge in [0.1, 0.15) is 11.3 Å². The number of hydrogen-bond acceptors (Lipinski definition) is 6. The van der Waals surface area contributed by atoms with E-state index in [0.717, 1.165) is 15.6 Å². The second-order valence-electron chi connectivity index (χ2n) is 6.07. The number of rotatable bonds is 4. The molecule has 9 heteroatoms. The number of nitrogens with zero attached hydrogens (tertiary/aromatic N) is 4. The predicted molar refractivity (Wildman–Crippen MR) is 107 cm³/mol. The van der Waals surface area contributed by atoms with Crippen molar-refractivity contribution in [3.05, 3.63) is 60.0 Å². The van der Waals surface area contributed by atoms with E-state index in [9.17, 15) is 4.79 Å². The number of carbonyl (C=O) groups is 1. The minimum atomic E-state index is -0.313. The Morgan fingerprint density at radius 3 is 3.14 bits per heavy atom. The number of ether oxygens (including phenoxy) is 1. The molecule has 0 radical (unpaired) electrons. The molecule has 2 N–H and O–H groups in total. The van der Waals surface area contributed by atoms with Crippen molar-refractivity contribution in [1.29, 1.82) is 0 Å². The number of hydrogen-bond donors (Lipinski definition) is 2. The van der Waals surface area contributed by atoms with Gasteiger partial charge in [0.2, 0.25) is 0 Å². The molecule has 0 atom stereocenters. The topological polar surface area (TPSA) is 97.2 Å². The summed E-state index contributed by atoms with van der Waals surface area (Å²) in [5, 5.41) is 17.3. The van der Waals surface area contributed by atoms with E-state index in [-0.39, 0.29) is 5.91 Å². The summed E-state index contributed by atoms with van der Waals surface area (Å²) in [6.07, 6.45) is 6.43. The van der Waals surface area contributed by atoms with Crippen LogP contribution in [0.4, 0.5) is 5.69 Å². The van der Waals surface area contributed by atoms with Crippen LogP contribution in [0.5, 0.6) is 5.75 Å². The van der Waals surface area contributed by atoms with Crippen molar-refractivity contribution < 1.29 is 9.53 Å². The number of aromatic nitrogens is 5. The lowest BCUT2D eigenvalue weighted by Gasteiger charge is -2.10. The van der Waals surface area contributed by atoms with Gasteiger partial charge in [-0.3, -0.25) is 9.89 Å². The molecule has 0 aliphatic carbocycles. The number of carbonyl (C=O) groups excluding carboxylic acids is 1. The minimum absolute atomic E-state index is 0.313. The monoisotopic (exact) mass is 390 g/mol. The zero-order chi connectivity index (χ0) is 19.1. The first-order valence-corrected chi connectivity index (χ1v) is 9.31. The summed E-state index contributed by atoms with van der Waals surface area (Å²) >= 11 is 1.65. The normalized spacial score (nSPS) is 11.2. The quantitative estimate of drug-likeness (QED) is 0.489. The molecule has 5 rings (SSSR count). The molecule has 5 aromatic rings. The highest BCUT2D eigenvalue weighted by Gasteiger charge is 2.19. The number of fused-ring (bicyclic) bond motifs is 2. The Kier molecular flexibility index (Phi) is 3.80. The van der Waals surface area contributed by atoms with Gasteiger partial charge in [0.05, 0.1) is 30.9 Å². The Balaban J connectivity index is 1.54. The first-order valence-electron chi connectivity index (χ1n) is 8.43. The second kappa shape index (κ2) is 6.46. The average molecular weight is 390 g/mol. The highest BCUT2D eigenvalue weighted by Crippen LogP contribution is 2.38. The standard InChI is InChI=1S/C19H14N6O2S/c1-27-15-8-16-11(3-6-28-16)7-12(15)17-14(10-21-24-17)23-19(26)13-9-22-25-5-2-4-20-18(13)25/h2-10H,1H3,(H,21,24)(H,23,26). The van der Waals surface area contributed by atoms with E-state index in [0.29, 0.717) is 28.3 Å². The molecule has 4 heterocycles.